The number of aryl methyl sites for hydroxylation is 1. The van der Waals surface area contributed by atoms with E-state index in [4.69, 9.17) is 14.5 Å². The Bertz CT molecular complexity index is 3340. The first-order valence-electron chi connectivity index (χ1n) is 29.4. The van der Waals surface area contributed by atoms with Crippen molar-refractivity contribution in [3.8, 4) is 0 Å². The molecule has 1 aliphatic carbocycles. The smallest absolute Gasteiger partial charge is 0.343 e. The predicted molar refractivity (Wildman–Crippen MR) is 312 cm³/mol. The lowest BCUT2D eigenvalue weighted by Crippen LogP contribution is -2.53. The van der Waals surface area contributed by atoms with E-state index in [0.717, 1.165) is 32.5 Å². The average Bonchev–Trinajstić information content (AvgIpc) is 1.67. The number of rotatable bonds is 27. The molecule has 9 amide bonds. The van der Waals surface area contributed by atoms with Crippen LogP contribution in [0.2, 0.25) is 0 Å². The molecule has 1 aromatic heterocycles. The maximum Gasteiger partial charge on any atom is 0.343 e. The van der Waals surface area contributed by atoms with Crippen molar-refractivity contribution in [1.82, 2.24) is 52.0 Å². The number of ether oxygens (including phenoxy) is 2. The fourth-order valence-electron chi connectivity index (χ4n) is 11.3. The van der Waals surface area contributed by atoms with Gasteiger partial charge in [0.25, 0.3) is 11.8 Å². The van der Waals surface area contributed by atoms with Crippen LogP contribution in [0, 0.1) is 12.7 Å². The second-order valence-corrected chi connectivity index (χ2v) is 23.3. The van der Waals surface area contributed by atoms with E-state index in [0.29, 0.717) is 78.8 Å². The number of nitrogens with one attached hydrogen (secondary N) is 7. The first kappa shape index (κ1) is 64.1. The normalized spacial score (nSPS) is 18.1. The molecule has 0 saturated carbocycles. The van der Waals surface area contributed by atoms with Crippen molar-refractivity contribution >= 4 is 81.7 Å². The standard InChI is InChI=1S/C62H75FN10O14/c1-6-62(85)40-27-46-57-39(33-72(46)32-37(40)34-86-60(62)84)56-42(19-18-38-35(2)41(63)28-44(71-57)55(38)56)68-48(75)17-13-24-64-49(76)29-67-59(83)45(26-36-14-9-7-10-15-36)70-51(78)31-65-50(77)30-66-58(82)43(20-23-54(81)87-61(3,4)5)69-47(74)16-11-8-12-25-73-52(79)21-22-53(73)80/h7,9-10,14-15,21-22,27-28,42-43,45,85H,6,8,11-13,16-20,23-26,29-34H2,1-5H3,(H,64,76)(H,65,77)(H,66,82)(H,67,83)(H,68,75)(H,69,74)(H,70,78)/t42-,43-,45-,62-/m0/s1. The number of carbonyl (C=O) groups excluding carboxylic acids is 11. The largest absolute Gasteiger partial charge is 0.460 e. The minimum Gasteiger partial charge on any atom is -0.460 e. The summed E-state index contributed by atoms with van der Waals surface area (Å²) in [7, 11) is 0. The molecule has 0 bridgehead atoms. The Balaban J connectivity index is 0.793. The van der Waals surface area contributed by atoms with Crippen LogP contribution in [0.25, 0.3) is 16.6 Å². The quantitative estimate of drug-likeness (QED) is 0.0308. The number of hydrogen-bond acceptors (Lipinski definition) is 16. The molecule has 87 heavy (non-hydrogen) atoms. The Morgan fingerprint density at radius 3 is 2.17 bits per heavy atom. The number of cyclic esters (lactones) is 1. The molecular formula is C62H75FN10O14. The molecule has 3 aromatic rings. The number of aromatic nitrogens is 1. The number of unbranched alkanes of at least 4 members (excludes halogenated alkanes) is 2. The highest BCUT2D eigenvalue weighted by molar-refractivity contribution is 6.12. The van der Waals surface area contributed by atoms with Gasteiger partial charge in [-0.3, -0.25) is 52.8 Å². The molecule has 464 valence electrons. The van der Waals surface area contributed by atoms with Gasteiger partial charge >= 0.3 is 11.9 Å². The van der Waals surface area contributed by atoms with Gasteiger partial charge in [0.15, 0.2) is 5.60 Å². The van der Waals surface area contributed by atoms with Crippen LogP contribution in [0.5, 0.6) is 0 Å². The summed E-state index contributed by atoms with van der Waals surface area (Å²) < 4.78 is 26.2. The van der Waals surface area contributed by atoms with Gasteiger partial charge in [-0.1, -0.05) is 43.7 Å². The number of hydrogen-bond donors (Lipinski definition) is 8. The molecule has 5 aliphatic rings. The summed E-state index contributed by atoms with van der Waals surface area (Å²) >= 11 is 0. The average molecular weight is 1200 g/mol. The molecule has 24 nitrogen and oxygen atoms in total. The van der Waals surface area contributed by atoms with E-state index in [1.807, 2.05) is 0 Å². The van der Waals surface area contributed by atoms with E-state index >= 15 is 4.39 Å². The van der Waals surface area contributed by atoms with E-state index in [-0.39, 0.29) is 70.5 Å². The number of esters is 2. The van der Waals surface area contributed by atoms with Crippen LogP contribution in [0.4, 0.5) is 4.39 Å². The maximum absolute atomic E-state index is 15.4. The van der Waals surface area contributed by atoms with Crippen molar-refractivity contribution < 1.29 is 71.7 Å². The Labute approximate surface area is 502 Å². The zero-order chi connectivity index (χ0) is 62.7. The Morgan fingerprint density at radius 1 is 0.805 bits per heavy atom. The van der Waals surface area contributed by atoms with Crippen LogP contribution in [0.1, 0.15) is 131 Å². The third kappa shape index (κ3) is 16.0. The third-order valence-electron chi connectivity index (χ3n) is 15.8. The van der Waals surface area contributed by atoms with Gasteiger partial charge in [-0.25, -0.2) is 14.2 Å². The number of carbonyl (C=O) groups is 11. The molecule has 0 unspecified atom stereocenters. The lowest BCUT2D eigenvalue weighted by atomic mass is 9.81. The first-order chi connectivity index (χ1) is 41.4. The highest BCUT2D eigenvalue weighted by atomic mass is 19.1. The molecule has 4 aliphatic heterocycles. The monoisotopic (exact) mass is 1200 g/mol. The SMILES string of the molecule is CC[C@@]1(O)C(=O)OCC2=C1C=C1c3nc4cc(F)c(C)c5c4c(c3CN1C2)[C@@H](NC(=O)CCCNC(=O)CNC(=O)[C@H](Cc1ccccc1)NC(=O)CNC(=O)CNC(=O)[C@H](CCC(=O)OC(C)(C)C)NC(=O)CCCCCN1C(=O)C=CC1=O)CC5. The molecule has 4 atom stereocenters. The zero-order valence-corrected chi connectivity index (χ0v) is 49.5. The molecule has 0 saturated heterocycles. The number of amides is 9. The topological polar surface area (TPSA) is 330 Å². The van der Waals surface area contributed by atoms with Gasteiger partial charge in [-0.15, -0.1) is 0 Å². The van der Waals surface area contributed by atoms with Gasteiger partial charge in [0.05, 0.1) is 42.6 Å². The molecule has 0 radical (unpaired) electrons. The van der Waals surface area contributed by atoms with Gasteiger partial charge in [-0.2, -0.15) is 0 Å². The summed E-state index contributed by atoms with van der Waals surface area (Å²) in [4.78, 5) is 150. The Kier molecular flexibility index (Phi) is 20.7. The van der Waals surface area contributed by atoms with Gasteiger partial charge in [0.1, 0.15) is 30.1 Å². The second-order valence-electron chi connectivity index (χ2n) is 23.3. The zero-order valence-electron chi connectivity index (χ0n) is 49.5. The number of pyridine rings is 1. The number of nitrogens with zero attached hydrogens (tertiary/aromatic N) is 3. The second kappa shape index (κ2) is 28.1. The minimum atomic E-state index is -1.82. The molecule has 25 heteroatoms. The van der Waals surface area contributed by atoms with Crippen molar-refractivity contribution in [2.75, 3.05) is 45.9 Å². The molecule has 2 aromatic carbocycles. The number of fused-ring (bicyclic) bond motifs is 4. The highest BCUT2D eigenvalue weighted by Crippen LogP contribution is 2.48. The number of halogens is 1. The molecular weight excluding hydrogens is 1130 g/mol. The fraction of sp³-hybridized carbons (Fsp3) is 0.484. The minimum absolute atomic E-state index is 0.00794. The Hall–Kier alpha value is -8.87. The van der Waals surface area contributed by atoms with Crippen LogP contribution in [-0.2, 0) is 81.6 Å². The van der Waals surface area contributed by atoms with Crippen LogP contribution in [0.3, 0.4) is 0 Å². The van der Waals surface area contributed by atoms with Gasteiger partial charge in [0, 0.05) is 86.6 Å². The van der Waals surface area contributed by atoms with Crippen molar-refractivity contribution in [2.45, 2.75) is 148 Å². The van der Waals surface area contributed by atoms with E-state index < -0.39 is 114 Å². The summed E-state index contributed by atoms with van der Waals surface area (Å²) in [5.41, 5.74) is 4.07. The molecule has 0 spiro atoms. The summed E-state index contributed by atoms with van der Waals surface area (Å²) in [6, 6.07) is 7.26. The van der Waals surface area contributed by atoms with E-state index in [2.05, 4.69) is 42.1 Å². The van der Waals surface area contributed by atoms with Gasteiger partial charge < -0.3 is 56.7 Å². The fourth-order valence-corrected chi connectivity index (χ4v) is 11.3. The van der Waals surface area contributed by atoms with E-state index in [1.165, 1.54) is 18.2 Å². The van der Waals surface area contributed by atoms with Crippen molar-refractivity contribution in [3.63, 3.8) is 0 Å². The summed E-state index contributed by atoms with van der Waals surface area (Å²) in [5, 5.41) is 30.6. The van der Waals surface area contributed by atoms with Crippen molar-refractivity contribution in [1.29, 1.82) is 0 Å². The van der Waals surface area contributed by atoms with Crippen molar-refractivity contribution in [3.05, 3.63) is 105 Å². The summed E-state index contributed by atoms with van der Waals surface area (Å²) in [6.45, 7) is 7.90. The Morgan fingerprint density at radius 2 is 1.47 bits per heavy atom. The molecule has 0 fully saturated rings. The van der Waals surface area contributed by atoms with Crippen LogP contribution in [-0.4, -0.2) is 154 Å². The number of benzene rings is 2. The van der Waals surface area contributed by atoms with E-state index in [9.17, 15) is 57.8 Å². The van der Waals surface area contributed by atoms with Crippen LogP contribution >= 0.6 is 0 Å². The van der Waals surface area contributed by atoms with Crippen LogP contribution in [0.15, 0.2) is 65.8 Å². The highest BCUT2D eigenvalue weighted by Gasteiger charge is 2.47. The lowest BCUT2D eigenvalue weighted by molar-refractivity contribution is -0.163. The summed E-state index contributed by atoms with van der Waals surface area (Å²) in [6.07, 6.45) is 6.46. The maximum atomic E-state index is 15.4. The number of imide groups is 1. The number of aliphatic hydroxyl groups is 1. The predicted octanol–water partition coefficient (Wildman–Crippen LogP) is 2.02. The first-order valence-corrected chi connectivity index (χ1v) is 29.4. The van der Waals surface area contributed by atoms with Crippen LogP contribution < -0.4 is 37.2 Å². The third-order valence-corrected chi connectivity index (χ3v) is 15.8. The van der Waals surface area contributed by atoms with Gasteiger partial charge in [-0.05, 0) is 107 Å². The lowest BCUT2D eigenvalue weighted by Gasteiger charge is -2.37. The van der Waals surface area contributed by atoms with E-state index in [1.54, 1.807) is 71.0 Å². The molecule has 5 heterocycles. The molecule has 8 N–H and O–H groups in total. The van der Waals surface area contributed by atoms with Gasteiger partial charge in [0.2, 0.25) is 41.4 Å². The molecule has 8 rings (SSSR count). The summed E-state index contributed by atoms with van der Waals surface area (Å²) in [5.74, 6) is -6.93. The van der Waals surface area contributed by atoms with Crippen molar-refractivity contribution in [2.24, 2.45) is 0 Å².